The van der Waals surface area contributed by atoms with Gasteiger partial charge in [-0.1, -0.05) is 204 Å². The van der Waals surface area contributed by atoms with Crippen LogP contribution in [0.1, 0.15) is 265 Å². The molecule has 0 aromatic heterocycles. The smallest absolute Gasteiger partial charge is 0.306 e. The Balaban J connectivity index is 4.43. The molecule has 0 aromatic carbocycles. The van der Waals surface area contributed by atoms with E-state index < -0.39 is 6.10 Å². The highest BCUT2D eigenvalue weighted by Crippen LogP contribution is 2.14. The molecule has 1 atom stereocenters. The second-order valence-corrected chi connectivity index (χ2v) is 17.8. The molecule has 6 heteroatoms. The molecule has 0 aliphatic rings. The third kappa shape index (κ3) is 50.0. The number of carbonyl (C=O) groups excluding carboxylic acids is 3. The zero-order chi connectivity index (χ0) is 45.8. The van der Waals surface area contributed by atoms with Gasteiger partial charge >= 0.3 is 17.9 Å². The molecule has 0 saturated heterocycles. The fourth-order valence-electron chi connectivity index (χ4n) is 7.37. The van der Waals surface area contributed by atoms with Crippen molar-refractivity contribution in [1.82, 2.24) is 0 Å². The van der Waals surface area contributed by atoms with Gasteiger partial charge in [0.1, 0.15) is 13.2 Å². The van der Waals surface area contributed by atoms with E-state index in [1.54, 1.807) is 0 Å². The van der Waals surface area contributed by atoms with E-state index in [0.29, 0.717) is 19.3 Å². The molecule has 0 saturated carbocycles. The highest BCUT2D eigenvalue weighted by Gasteiger charge is 2.19. The maximum atomic E-state index is 12.8. The van der Waals surface area contributed by atoms with E-state index in [0.717, 1.165) is 109 Å². The normalized spacial score (nSPS) is 12.5. The fraction of sp³-hybridized carbons (Fsp3) is 0.772. The largest absolute Gasteiger partial charge is 0.462 e. The van der Waals surface area contributed by atoms with E-state index in [2.05, 4.69) is 81.5 Å². The van der Waals surface area contributed by atoms with E-state index in [-0.39, 0.29) is 31.1 Å². The van der Waals surface area contributed by atoms with Crippen LogP contribution in [0.25, 0.3) is 0 Å². The number of hydrogen-bond acceptors (Lipinski definition) is 6. The van der Waals surface area contributed by atoms with Gasteiger partial charge in [0.05, 0.1) is 0 Å². The number of allylic oxidation sites excluding steroid dienone is 10. The monoisotopic (exact) mass is 881 g/mol. The maximum Gasteiger partial charge on any atom is 0.306 e. The summed E-state index contributed by atoms with van der Waals surface area (Å²) in [6.07, 6.45) is 63.4. The number of esters is 3. The Bertz CT molecular complexity index is 1150. The molecular weight excluding hydrogens is 781 g/mol. The van der Waals surface area contributed by atoms with Crippen LogP contribution in [0.2, 0.25) is 0 Å². The lowest BCUT2D eigenvalue weighted by Gasteiger charge is -2.18. The highest BCUT2D eigenvalue weighted by atomic mass is 16.6. The molecule has 0 rings (SSSR count). The number of unbranched alkanes of at least 4 members (excludes halogenated alkanes) is 27. The van der Waals surface area contributed by atoms with Crippen molar-refractivity contribution >= 4 is 17.9 Å². The third-order valence-corrected chi connectivity index (χ3v) is 11.5. The third-order valence-electron chi connectivity index (χ3n) is 11.5. The first-order chi connectivity index (χ1) is 31.0. The van der Waals surface area contributed by atoms with Gasteiger partial charge in [-0.2, -0.15) is 0 Å². The quantitative estimate of drug-likeness (QED) is 0.0262. The number of ether oxygens (including phenoxy) is 3. The molecule has 63 heavy (non-hydrogen) atoms. The van der Waals surface area contributed by atoms with Gasteiger partial charge in [-0.25, -0.2) is 0 Å². The summed E-state index contributed by atoms with van der Waals surface area (Å²) in [5.41, 5.74) is 0. The predicted octanol–water partition coefficient (Wildman–Crippen LogP) is 17.6. The van der Waals surface area contributed by atoms with Gasteiger partial charge < -0.3 is 14.2 Å². The van der Waals surface area contributed by atoms with Crippen molar-refractivity contribution in [3.8, 4) is 0 Å². The highest BCUT2D eigenvalue weighted by molar-refractivity contribution is 5.71. The van der Waals surface area contributed by atoms with E-state index >= 15 is 0 Å². The first-order valence-electron chi connectivity index (χ1n) is 26.8. The van der Waals surface area contributed by atoms with Gasteiger partial charge in [-0.15, -0.1) is 0 Å². The minimum absolute atomic E-state index is 0.0891. The first-order valence-corrected chi connectivity index (χ1v) is 26.8. The van der Waals surface area contributed by atoms with Crippen LogP contribution in [-0.2, 0) is 28.6 Å². The number of carbonyl (C=O) groups is 3. The van der Waals surface area contributed by atoms with Crippen LogP contribution >= 0.6 is 0 Å². The summed E-state index contributed by atoms with van der Waals surface area (Å²) in [4.78, 5) is 38.0. The molecule has 0 aliphatic carbocycles. The molecule has 0 radical (unpaired) electrons. The van der Waals surface area contributed by atoms with Crippen LogP contribution in [0.15, 0.2) is 60.8 Å². The van der Waals surface area contributed by atoms with Crippen LogP contribution < -0.4 is 0 Å². The molecule has 0 spiro atoms. The molecule has 0 aromatic rings. The Morgan fingerprint density at radius 2 is 0.587 bits per heavy atom. The summed E-state index contributed by atoms with van der Waals surface area (Å²) in [6.45, 7) is 6.55. The van der Waals surface area contributed by atoms with Crippen molar-refractivity contribution in [2.45, 2.75) is 271 Å². The van der Waals surface area contributed by atoms with Crippen LogP contribution in [0.5, 0.6) is 0 Å². The summed E-state index contributed by atoms with van der Waals surface area (Å²) >= 11 is 0. The molecule has 0 fully saturated rings. The zero-order valence-electron chi connectivity index (χ0n) is 41.6. The Hall–Kier alpha value is -2.89. The van der Waals surface area contributed by atoms with E-state index in [1.165, 1.54) is 116 Å². The van der Waals surface area contributed by atoms with Gasteiger partial charge in [0, 0.05) is 19.3 Å². The van der Waals surface area contributed by atoms with Gasteiger partial charge in [-0.3, -0.25) is 14.4 Å². The molecule has 364 valence electrons. The molecule has 0 aliphatic heterocycles. The SMILES string of the molecule is CCCC/C=C\C/C=C\CCCCCCCC(=O)OCC(COC(=O)CCCCCCC/C=C\C/C=C\CCCCCC)OC(=O)CCCCCCC/C=C\CCCCCCCC. The molecular formula is C57H100O6. The first kappa shape index (κ1) is 60.1. The summed E-state index contributed by atoms with van der Waals surface area (Å²) in [5, 5.41) is 0. The van der Waals surface area contributed by atoms with E-state index in [9.17, 15) is 14.4 Å². The Morgan fingerprint density at radius 3 is 0.952 bits per heavy atom. The van der Waals surface area contributed by atoms with Crippen molar-refractivity contribution < 1.29 is 28.6 Å². The minimum atomic E-state index is -0.789. The van der Waals surface area contributed by atoms with E-state index in [4.69, 9.17) is 14.2 Å². The van der Waals surface area contributed by atoms with Gasteiger partial charge in [-0.05, 0) is 103 Å². The molecule has 6 nitrogen and oxygen atoms in total. The van der Waals surface area contributed by atoms with Crippen molar-refractivity contribution in [1.29, 1.82) is 0 Å². The molecule has 0 bridgehead atoms. The molecule has 1 unspecified atom stereocenters. The lowest BCUT2D eigenvalue weighted by atomic mass is 10.1. The summed E-state index contributed by atoms with van der Waals surface area (Å²) in [6, 6.07) is 0. The van der Waals surface area contributed by atoms with Crippen molar-refractivity contribution in [2.24, 2.45) is 0 Å². The standard InChI is InChI=1S/C57H100O6/c1-4-7-10-13-16-19-22-25-28-30-32-35-38-41-44-47-50-56(59)62-53-54(52-61-55(58)49-46-43-40-37-34-31-27-24-21-18-15-12-9-6-3)63-57(60)51-48-45-42-39-36-33-29-26-23-20-17-14-11-8-5-2/h15,18-19,22,24,26-30,54H,4-14,16-17,20-21,23,25,31-53H2,1-3H3/b18-15-,22-19-,27-24-,29-26-,30-28-. The molecule has 0 amide bonds. The Kier molecular flexibility index (Phi) is 49.4. The summed E-state index contributed by atoms with van der Waals surface area (Å²) < 4.78 is 16.8. The second-order valence-electron chi connectivity index (χ2n) is 17.8. The van der Waals surface area contributed by atoms with Crippen LogP contribution in [0.3, 0.4) is 0 Å². The van der Waals surface area contributed by atoms with Crippen LogP contribution in [-0.4, -0.2) is 37.2 Å². The number of rotatable bonds is 48. The summed E-state index contributed by atoms with van der Waals surface area (Å²) in [5.74, 6) is -0.919. The average Bonchev–Trinajstić information content (AvgIpc) is 3.28. The summed E-state index contributed by atoms with van der Waals surface area (Å²) in [7, 11) is 0. The van der Waals surface area contributed by atoms with E-state index in [1.807, 2.05) is 0 Å². The van der Waals surface area contributed by atoms with Crippen molar-refractivity contribution in [3.63, 3.8) is 0 Å². The number of hydrogen-bond donors (Lipinski definition) is 0. The van der Waals surface area contributed by atoms with Gasteiger partial charge in [0.15, 0.2) is 6.10 Å². The van der Waals surface area contributed by atoms with Crippen LogP contribution in [0.4, 0.5) is 0 Å². The van der Waals surface area contributed by atoms with Crippen molar-refractivity contribution in [3.05, 3.63) is 60.8 Å². The second kappa shape index (κ2) is 51.7. The molecule has 0 heterocycles. The van der Waals surface area contributed by atoms with Crippen LogP contribution in [0, 0.1) is 0 Å². The Labute approximate surface area is 390 Å². The Morgan fingerprint density at radius 1 is 0.317 bits per heavy atom. The lowest BCUT2D eigenvalue weighted by molar-refractivity contribution is -0.167. The van der Waals surface area contributed by atoms with Gasteiger partial charge in [0.25, 0.3) is 0 Å². The average molecular weight is 881 g/mol. The fourth-order valence-corrected chi connectivity index (χ4v) is 7.37. The minimum Gasteiger partial charge on any atom is -0.462 e. The van der Waals surface area contributed by atoms with Gasteiger partial charge in [0.2, 0.25) is 0 Å². The zero-order valence-corrected chi connectivity index (χ0v) is 41.6. The predicted molar refractivity (Wildman–Crippen MR) is 270 cm³/mol. The maximum absolute atomic E-state index is 12.8. The molecule has 0 N–H and O–H groups in total. The van der Waals surface area contributed by atoms with Crippen molar-refractivity contribution in [2.75, 3.05) is 13.2 Å². The topological polar surface area (TPSA) is 78.9 Å². The lowest BCUT2D eigenvalue weighted by Crippen LogP contribution is -2.30.